The normalized spacial score (nSPS) is 12.8. The van der Waals surface area contributed by atoms with Gasteiger partial charge in [0.25, 0.3) is 5.91 Å². The predicted octanol–water partition coefficient (Wildman–Crippen LogP) is 2.67. The monoisotopic (exact) mass is 282 g/mol. The second-order valence-corrected chi connectivity index (χ2v) is 5.27. The zero-order valence-corrected chi connectivity index (χ0v) is 12.4. The van der Waals surface area contributed by atoms with Crippen LogP contribution >= 0.6 is 0 Å². The average Bonchev–Trinajstić information content (AvgIpc) is 2.88. The number of rotatable bonds is 3. The maximum absolute atomic E-state index is 11.8. The van der Waals surface area contributed by atoms with Crippen LogP contribution in [0.2, 0.25) is 0 Å². The van der Waals surface area contributed by atoms with E-state index in [4.69, 9.17) is 4.74 Å². The Hall–Kier alpha value is -2.49. The molecule has 21 heavy (non-hydrogen) atoms. The van der Waals surface area contributed by atoms with Crippen molar-refractivity contribution in [2.45, 2.75) is 6.54 Å². The topological polar surface area (TPSA) is 41.6 Å². The van der Waals surface area contributed by atoms with E-state index < -0.39 is 0 Å². The lowest BCUT2D eigenvalue weighted by atomic mass is 9.95. The molecule has 4 nitrogen and oxygen atoms in total. The van der Waals surface area contributed by atoms with Crippen LogP contribution in [0.4, 0.5) is 5.69 Å². The molecule has 0 atom stereocenters. The minimum Gasteiger partial charge on any atom is -0.494 e. The first kappa shape index (κ1) is 13.5. The van der Waals surface area contributed by atoms with Gasteiger partial charge in [-0.25, -0.2) is 0 Å². The second-order valence-electron chi connectivity index (χ2n) is 5.27. The van der Waals surface area contributed by atoms with Crippen LogP contribution in [-0.2, 0) is 6.54 Å². The molecule has 1 heterocycles. The van der Waals surface area contributed by atoms with Crippen LogP contribution in [0.3, 0.4) is 0 Å². The van der Waals surface area contributed by atoms with E-state index in [1.54, 1.807) is 7.11 Å². The Morgan fingerprint density at radius 3 is 2.43 bits per heavy atom. The Balaban J connectivity index is 2.23. The summed E-state index contributed by atoms with van der Waals surface area (Å²) in [5.41, 5.74) is 4.87. The molecule has 0 bridgehead atoms. The van der Waals surface area contributed by atoms with Crippen molar-refractivity contribution < 1.29 is 9.53 Å². The van der Waals surface area contributed by atoms with Gasteiger partial charge in [0.05, 0.1) is 12.8 Å². The van der Waals surface area contributed by atoms with E-state index in [-0.39, 0.29) is 5.91 Å². The van der Waals surface area contributed by atoms with Gasteiger partial charge in [0.15, 0.2) is 0 Å². The van der Waals surface area contributed by atoms with Crippen molar-refractivity contribution in [1.29, 1.82) is 0 Å². The quantitative estimate of drug-likeness (QED) is 0.941. The molecule has 2 aromatic rings. The molecule has 2 aromatic carbocycles. The molecule has 1 aliphatic rings. The summed E-state index contributed by atoms with van der Waals surface area (Å²) in [7, 11) is 5.66. The first-order valence-corrected chi connectivity index (χ1v) is 6.88. The summed E-state index contributed by atoms with van der Waals surface area (Å²) in [4.78, 5) is 13.9. The van der Waals surface area contributed by atoms with Crippen LogP contribution in [0.25, 0.3) is 11.1 Å². The summed E-state index contributed by atoms with van der Waals surface area (Å²) in [6.07, 6.45) is 0. The van der Waals surface area contributed by atoms with Crippen molar-refractivity contribution in [3.8, 4) is 16.9 Å². The summed E-state index contributed by atoms with van der Waals surface area (Å²) in [5, 5.41) is 2.88. The van der Waals surface area contributed by atoms with E-state index in [2.05, 4.69) is 5.32 Å². The highest BCUT2D eigenvalue weighted by atomic mass is 16.5. The number of para-hydroxylation sites is 1. The number of carbonyl (C=O) groups is 1. The average molecular weight is 282 g/mol. The van der Waals surface area contributed by atoms with Crippen molar-refractivity contribution in [2.24, 2.45) is 0 Å². The molecule has 1 amide bonds. The number of benzene rings is 2. The van der Waals surface area contributed by atoms with Crippen molar-refractivity contribution in [3.05, 3.63) is 47.5 Å². The lowest BCUT2D eigenvalue weighted by Crippen LogP contribution is -2.12. The molecule has 4 heteroatoms. The van der Waals surface area contributed by atoms with Crippen LogP contribution < -0.4 is 15.0 Å². The molecule has 0 saturated carbocycles. The summed E-state index contributed by atoms with van der Waals surface area (Å²) in [5.74, 6) is 0.824. The number of hydrogen-bond donors (Lipinski definition) is 1. The van der Waals surface area contributed by atoms with Crippen LogP contribution in [0.15, 0.2) is 36.4 Å². The summed E-state index contributed by atoms with van der Waals surface area (Å²) >= 11 is 0. The van der Waals surface area contributed by atoms with Crippen molar-refractivity contribution in [2.75, 3.05) is 26.1 Å². The summed E-state index contributed by atoms with van der Waals surface area (Å²) in [6, 6.07) is 11.9. The molecule has 0 fully saturated rings. The number of nitrogens with zero attached hydrogens (tertiary/aromatic N) is 1. The standard InChI is InChI=1S/C17H18N2O2/c1-19(2)15-9-5-7-12(16(15)21-3)11-6-4-8-13-14(11)10-18-17(13)20/h4-9H,10H2,1-3H3,(H,18,20). The SMILES string of the molecule is COc1c(-c2cccc3c2CNC3=O)cccc1N(C)C. The molecule has 0 aliphatic carbocycles. The molecular formula is C17H18N2O2. The predicted molar refractivity (Wildman–Crippen MR) is 83.9 cm³/mol. The smallest absolute Gasteiger partial charge is 0.251 e. The fourth-order valence-electron chi connectivity index (χ4n) is 2.81. The van der Waals surface area contributed by atoms with Crippen molar-refractivity contribution in [1.82, 2.24) is 5.32 Å². The van der Waals surface area contributed by atoms with Gasteiger partial charge >= 0.3 is 0 Å². The van der Waals surface area contributed by atoms with Crippen molar-refractivity contribution in [3.63, 3.8) is 0 Å². The third-order valence-electron chi connectivity index (χ3n) is 3.82. The molecule has 108 valence electrons. The molecular weight excluding hydrogens is 264 g/mol. The van der Waals surface area contributed by atoms with Crippen LogP contribution in [-0.4, -0.2) is 27.1 Å². The van der Waals surface area contributed by atoms with Crippen LogP contribution in [0, 0.1) is 0 Å². The van der Waals surface area contributed by atoms with Gasteiger partial charge in [-0.2, -0.15) is 0 Å². The van der Waals surface area contributed by atoms with E-state index in [9.17, 15) is 4.79 Å². The number of ether oxygens (including phenoxy) is 1. The lowest BCUT2D eigenvalue weighted by Gasteiger charge is -2.20. The minimum absolute atomic E-state index is 0.00502. The van der Waals surface area contributed by atoms with Gasteiger partial charge in [-0.3, -0.25) is 4.79 Å². The van der Waals surface area contributed by atoms with Crippen LogP contribution in [0.5, 0.6) is 5.75 Å². The second kappa shape index (κ2) is 5.13. The number of methoxy groups -OCH3 is 1. The van der Waals surface area contributed by atoms with Gasteiger partial charge in [-0.1, -0.05) is 24.3 Å². The lowest BCUT2D eigenvalue weighted by molar-refractivity contribution is 0.0966. The number of nitrogens with one attached hydrogen (secondary N) is 1. The van der Waals surface area contributed by atoms with Gasteiger partial charge in [-0.15, -0.1) is 0 Å². The molecule has 1 aliphatic heterocycles. The number of hydrogen-bond acceptors (Lipinski definition) is 3. The third-order valence-corrected chi connectivity index (χ3v) is 3.82. The van der Waals surface area contributed by atoms with E-state index in [0.29, 0.717) is 6.54 Å². The third kappa shape index (κ3) is 2.13. The zero-order chi connectivity index (χ0) is 15.0. The first-order chi connectivity index (χ1) is 10.1. The van der Waals surface area contributed by atoms with Crippen molar-refractivity contribution >= 4 is 11.6 Å². The Bertz CT molecular complexity index is 708. The Morgan fingerprint density at radius 2 is 1.71 bits per heavy atom. The number of fused-ring (bicyclic) bond motifs is 1. The van der Waals surface area contributed by atoms with Gasteiger partial charge in [0.1, 0.15) is 5.75 Å². The van der Waals surface area contributed by atoms with Crippen LogP contribution in [0.1, 0.15) is 15.9 Å². The fourth-order valence-corrected chi connectivity index (χ4v) is 2.81. The van der Waals surface area contributed by atoms with E-state index in [0.717, 1.165) is 33.7 Å². The maximum Gasteiger partial charge on any atom is 0.251 e. The minimum atomic E-state index is -0.00502. The Labute approximate surface area is 124 Å². The van der Waals surface area contributed by atoms with Gasteiger partial charge in [0, 0.05) is 31.8 Å². The van der Waals surface area contributed by atoms with Gasteiger partial charge in [-0.05, 0) is 23.3 Å². The molecule has 0 aromatic heterocycles. The zero-order valence-electron chi connectivity index (χ0n) is 12.4. The molecule has 0 unspecified atom stereocenters. The van der Waals surface area contributed by atoms with E-state index in [1.165, 1.54) is 0 Å². The summed E-state index contributed by atoms with van der Waals surface area (Å²) in [6.45, 7) is 0.569. The number of anilines is 1. The first-order valence-electron chi connectivity index (χ1n) is 6.88. The van der Waals surface area contributed by atoms with E-state index in [1.807, 2.05) is 55.4 Å². The van der Waals surface area contributed by atoms with Gasteiger partial charge < -0.3 is 15.0 Å². The largest absolute Gasteiger partial charge is 0.494 e. The highest BCUT2D eigenvalue weighted by Crippen LogP contribution is 2.40. The summed E-state index contributed by atoms with van der Waals surface area (Å²) < 4.78 is 5.63. The molecule has 0 saturated heterocycles. The number of amides is 1. The molecule has 0 spiro atoms. The molecule has 0 radical (unpaired) electrons. The molecule has 1 N–H and O–H groups in total. The number of carbonyl (C=O) groups excluding carboxylic acids is 1. The maximum atomic E-state index is 11.8. The Morgan fingerprint density at radius 1 is 1.05 bits per heavy atom. The highest BCUT2D eigenvalue weighted by Gasteiger charge is 2.23. The Kier molecular flexibility index (Phi) is 3.29. The fraction of sp³-hybridized carbons (Fsp3) is 0.235. The highest BCUT2D eigenvalue weighted by molar-refractivity contribution is 6.01. The van der Waals surface area contributed by atoms with E-state index >= 15 is 0 Å². The van der Waals surface area contributed by atoms with Gasteiger partial charge in [0.2, 0.25) is 0 Å². The molecule has 3 rings (SSSR count).